The van der Waals surface area contributed by atoms with E-state index in [-0.39, 0.29) is 5.91 Å². The van der Waals surface area contributed by atoms with E-state index in [0.29, 0.717) is 17.7 Å². The first kappa shape index (κ1) is 16.6. The molecule has 24 heavy (non-hydrogen) atoms. The quantitative estimate of drug-likeness (QED) is 0.596. The van der Waals surface area contributed by atoms with E-state index in [4.69, 9.17) is 0 Å². The molecule has 1 aliphatic heterocycles. The summed E-state index contributed by atoms with van der Waals surface area (Å²) >= 11 is 3.30. The number of Topliss-reactive ketones (excluding diaryl/α,β-unsaturated/α-hetero) is 2. The molecule has 5 heteroatoms. The van der Waals surface area contributed by atoms with E-state index < -0.39 is 11.6 Å². The Bertz CT molecular complexity index is 844. The molecular formula is C19H16BrNO3. The maximum Gasteiger partial charge on any atom is 0.233 e. The highest BCUT2D eigenvalue weighted by Gasteiger charge is 2.23. The van der Waals surface area contributed by atoms with Gasteiger partial charge in [0.15, 0.2) is 0 Å². The summed E-state index contributed by atoms with van der Waals surface area (Å²) < 4.78 is 0.753. The van der Waals surface area contributed by atoms with Crippen molar-refractivity contribution in [1.29, 1.82) is 0 Å². The van der Waals surface area contributed by atoms with Crippen LogP contribution in [0.15, 0.2) is 46.9 Å². The van der Waals surface area contributed by atoms with Crippen LogP contribution in [0.2, 0.25) is 0 Å². The summed E-state index contributed by atoms with van der Waals surface area (Å²) in [5.41, 5.74) is 2.49. The first-order chi connectivity index (χ1) is 11.5. The molecule has 0 bridgehead atoms. The van der Waals surface area contributed by atoms with E-state index in [0.717, 1.165) is 28.6 Å². The van der Waals surface area contributed by atoms with Crippen LogP contribution in [0, 0.1) is 0 Å². The number of carbonyl (C=O) groups excluding carboxylic acids is 3. The zero-order valence-electron chi connectivity index (χ0n) is 13.2. The Morgan fingerprint density at radius 1 is 1.00 bits per heavy atom. The van der Waals surface area contributed by atoms with Crippen molar-refractivity contribution in [2.45, 2.75) is 19.8 Å². The standard InChI is InChI=1S/C19H16BrNO3/c1-12(22)21-9-3-5-13-10-15(7-8-17(13)21)19(24)18(23)14-4-2-6-16(20)11-14/h2,4,6-8,10-11H,3,5,9H2,1H3. The average Bonchev–Trinajstić information content (AvgIpc) is 2.59. The normalized spacial score (nSPS) is 13.3. The summed E-state index contributed by atoms with van der Waals surface area (Å²) in [6, 6.07) is 11.9. The van der Waals surface area contributed by atoms with Gasteiger partial charge in [0.1, 0.15) is 0 Å². The van der Waals surface area contributed by atoms with Gasteiger partial charge in [-0.1, -0.05) is 28.1 Å². The molecule has 0 N–H and O–H groups in total. The Morgan fingerprint density at radius 3 is 2.38 bits per heavy atom. The SMILES string of the molecule is CC(=O)N1CCCc2cc(C(=O)C(=O)c3cccc(Br)c3)ccc21. The number of nitrogens with zero attached hydrogens (tertiary/aromatic N) is 1. The van der Waals surface area contributed by atoms with Crippen molar-refractivity contribution in [1.82, 2.24) is 0 Å². The second-order valence-electron chi connectivity index (χ2n) is 5.79. The fraction of sp³-hybridized carbons (Fsp3) is 0.211. The molecule has 3 rings (SSSR count). The lowest BCUT2D eigenvalue weighted by molar-refractivity contribution is -0.116. The summed E-state index contributed by atoms with van der Waals surface area (Å²) in [7, 11) is 0. The molecule has 0 fully saturated rings. The highest BCUT2D eigenvalue weighted by molar-refractivity contribution is 9.10. The first-order valence-electron chi connectivity index (χ1n) is 7.73. The average molecular weight is 386 g/mol. The van der Waals surface area contributed by atoms with Gasteiger partial charge in [-0.3, -0.25) is 14.4 Å². The molecule has 1 amide bonds. The van der Waals surface area contributed by atoms with Gasteiger partial charge in [0, 0.05) is 34.8 Å². The predicted octanol–water partition coefficient (Wildman–Crippen LogP) is 3.81. The third kappa shape index (κ3) is 3.17. The van der Waals surface area contributed by atoms with Crippen LogP contribution in [0.25, 0.3) is 0 Å². The minimum absolute atomic E-state index is 0.0137. The molecule has 0 saturated heterocycles. The van der Waals surface area contributed by atoms with Gasteiger partial charge in [-0.25, -0.2) is 0 Å². The summed E-state index contributed by atoms with van der Waals surface area (Å²) in [5, 5.41) is 0. The number of carbonyl (C=O) groups is 3. The fourth-order valence-corrected chi connectivity index (χ4v) is 3.36. The third-order valence-corrected chi connectivity index (χ3v) is 4.63. The second-order valence-corrected chi connectivity index (χ2v) is 6.70. The van der Waals surface area contributed by atoms with Crippen LogP contribution in [-0.4, -0.2) is 24.0 Å². The number of hydrogen-bond donors (Lipinski definition) is 0. The number of benzene rings is 2. The molecule has 2 aromatic rings. The van der Waals surface area contributed by atoms with Crippen molar-refractivity contribution in [2.24, 2.45) is 0 Å². The van der Waals surface area contributed by atoms with Crippen LogP contribution >= 0.6 is 15.9 Å². The van der Waals surface area contributed by atoms with Crippen molar-refractivity contribution in [2.75, 3.05) is 11.4 Å². The molecule has 0 aromatic heterocycles. The van der Waals surface area contributed by atoms with Crippen LogP contribution in [-0.2, 0) is 11.2 Å². The molecule has 0 saturated carbocycles. The number of aryl methyl sites for hydroxylation is 1. The third-order valence-electron chi connectivity index (χ3n) is 4.13. The van der Waals surface area contributed by atoms with Crippen molar-refractivity contribution < 1.29 is 14.4 Å². The highest BCUT2D eigenvalue weighted by Crippen LogP contribution is 2.28. The van der Waals surface area contributed by atoms with Gasteiger partial charge in [-0.15, -0.1) is 0 Å². The number of ketones is 2. The zero-order chi connectivity index (χ0) is 17.3. The van der Waals surface area contributed by atoms with E-state index in [1.165, 1.54) is 6.92 Å². The van der Waals surface area contributed by atoms with E-state index in [1.54, 1.807) is 47.4 Å². The van der Waals surface area contributed by atoms with Gasteiger partial charge in [0.25, 0.3) is 0 Å². The van der Waals surface area contributed by atoms with Gasteiger partial charge in [0.05, 0.1) is 0 Å². The summed E-state index contributed by atoms with van der Waals surface area (Å²) in [6.45, 7) is 2.22. The minimum Gasteiger partial charge on any atom is -0.312 e. The van der Waals surface area contributed by atoms with Gasteiger partial charge < -0.3 is 4.90 Å². The maximum atomic E-state index is 12.5. The number of anilines is 1. The van der Waals surface area contributed by atoms with Crippen LogP contribution in [0.1, 0.15) is 39.6 Å². The Labute approximate surface area is 148 Å². The topological polar surface area (TPSA) is 54.5 Å². The maximum absolute atomic E-state index is 12.5. The molecule has 2 aromatic carbocycles. The number of fused-ring (bicyclic) bond motifs is 1. The lowest BCUT2D eigenvalue weighted by Gasteiger charge is -2.28. The predicted molar refractivity (Wildman–Crippen MR) is 95.6 cm³/mol. The smallest absolute Gasteiger partial charge is 0.233 e. The molecule has 1 heterocycles. The van der Waals surface area contributed by atoms with E-state index in [9.17, 15) is 14.4 Å². The number of hydrogen-bond acceptors (Lipinski definition) is 3. The van der Waals surface area contributed by atoms with Crippen molar-refractivity contribution >= 4 is 39.1 Å². The van der Waals surface area contributed by atoms with Crippen molar-refractivity contribution in [3.63, 3.8) is 0 Å². The molecule has 0 spiro atoms. The van der Waals surface area contributed by atoms with E-state index in [2.05, 4.69) is 15.9 Å². The van der Waals surface area contributed by atoms with Gasteiger partial charge in [0.2, 0.25) is 17.5 Å². The van der Waals surface area contributed by atoms with Crippen LogP contribution < -0.4 is 4.90 Å². The van der Waals surface area contributed by atoms with Crippen molar-refractivity contribution in [3.8, 4) is 0 Å². The summed E-state index contributed by atoms with van der Waals surface area (Å²) in [5.74, 6) is -1.08. The van der Waals surface area contributed by atoms with Crippen LogP contribution in [0.5, 0.6) is 0 Å². The molecule has 122 valence electrons. The van der Waals surface area contributed by atoms with E-state index in [1.807, 2.05) is 0 Å². The number of halogens is 1. The van der Waals surface area contributed by atoms with Gasteiger partial charge in [-0.05, 0) is 48.7 Å². The Balaban J connectivity index is 1.91. The molecule has 0 atom stereocenters. The highest BCUT2D eigenvalue weighted by atomic mass is 79.9. The van der Waals surface area contributed by atoms with Crippen LogP contribution in [0.4, 0.5) is 5.69 Å². The van der Waals surface area contributed by atoms with Gasteiger partial charge >= 0.3 is 0 Å². The Morgan fingerprint density at radius 2 is 1.71 bits per heavy atom. The monoisotopic (exact) mass is 385 g/mol. The fourth-order valence-electron chi connectivity index (χ4n) is 2.96. The summed E-state index contributed by atoms with van der Waals surface area (Å²) in [4.78, 5) is 38.3. The number of amides is 1. The Hall–Kier alpha value is -2.27. The molecular weight excluding hydrogens is 370 g/mol. The molecule has 0 unspecified atom stereocenters. The molecule has 1 aliphatic rings. The molecule has 0 aliphatic carbocycles. The first-order valence-corrected chi connectivity index (χ1v) is 8.52. The van der Waals surface area contributed by atoms with E-state index >= 15 is 0 Å². The largest absolute Gasteiger partial charge is 0.312 e. The minimum atomic E-state index is -0.532. The Kier molecular flexibility index (Phi) is 4.62. The summed E-state index contributed by atoms with van der Waals surface area (Å²) in [6.07, 6.45) is 1.65. The lowest BCUT2D eigenvalue weighted by Crippen LogP contribution is -2.33. The zero-order valence-corrected chi connectivity index (χ0v) is 14.8. The molecule has 0 radical (unpaired) electrons. The lowest BCUT2D eigenvalue weighted by atomic mass is 9.95. The second kappa shape index (κ2) is 6.69. The van der Waals surface area contributed by atoms with Gasteiger partial charge in [-0.2, -0.15) is 0 Å². The molecule has 4 nitrogen and oxygen atoms in total. The number of rotatable bonds is 3. The van der Waals surface area contributed by atoms with Crippen LogP contribution in [0.3, 0.4) is 0 Å². The van der Waals surface area contributed by atoms with Crippen molar-refractivity contribution in [3.05, 3.63) is 63.6 Å².